The van der Waals surface area contributed by atoms with Gasteiger partial charge in [0.15, 0.2) is 5.96 Å². The molecule has 1 heterocycles. The monoisotopic (exact) mass is 478 g/mol. The van der Waals surface area contributed by atoms with Crippen LogP contribution in [0.2, 0.25) is 0 Å². The quantitative estimate of drug-likeness (QED) is 0.359. The summed E-state index contributed by atoms with van der Waals surface area (Å²) in [5, 5.41) is 6.19. The first-order chi connectivity index (χ1) is 12.1. The topological polar surface area (TPSA) is 66.0 Å². The predicted octanol–water partition coefficient (Wildman–Crippen LogP) is 2.27. The summed E-state index contributed by atoms with van der Waals surface area (Å²) in [5.74, 6) is 0.385. The maximum Gasteiger partial charge on any atom is 0.241 e. The third-order valence-electron chi connectivity index (χ3n) is 4.04. The van der Waals surface area contributed by atoms with E-state index in [0.29, 0.717) is 24.6 Å². The summed E-state index contributed by atoms with van der Waals surface area (Å²) in [6.45, 7) is 5.19. The summed E-state index contributed by atoms with van der Waals surface area (Å²) in [5.41, 5.74) is 1.40. The number of nitrogens with one attached hydrogen (secondary N) is 2. The van der Waals surface area contributed by atoms with Crippen LogP contribution in [0.15, 0.2) is 23.2 Å². The zero-order valence-electron chi connectivity index (χ0n) is 15.4. The fourth-order valence-electron chi connectivity index (χ4n) is 2.74. The number of carbonyl (C=O) groups excluding carboxylic acids is 1. The predicted molar refractivity (Wildman–Crippen MR) is 111 cm³/mol. The standard InChI is InChI=1S/C18H27FN4O2.HI/c1-3-20-18(22-12-17(24)23-8-4-5-9-23)21-11-14-6-7-16(19)15(10-14)13-25-2;/h6-7,10H,3-5,8-9,11-13H2,1-2H3,(H2,20,21,22);1H. The SMILES string of the molecule is CCNC(=NCc1ccc(F)c(COC)c1)NCC(=O)N1CCCC1.I. The lowest BCUT2D eigenvalue weighted by Crippen LogP contribution is -2.44. The Labute approximate surface area is 171 Å². The van der Waals surface area contributed by atoms with Gasteiger partial charge in [-0.15, -0.1) is 24.0 Å². The van der Waals surface area contributed by atoms with Crippen LogP contribution in [0, 0.1) is 5.82 Å². The minimum atomic E-state index is -0.282. The van der Waals surface area contributed by atoms with Crippen LogP contribution in [-0.4, -0.2) is 50.1 Å². The minimum absolute atomic E-state index is 0. The second-order valence-corrected chi connectivity index (χ2v) is 6.00. The van der Waals surface area contributed by atoms with Gasteiger partial charge < -0.3 is 20.3 Å². The van der Waals surface area contributed by atoms with Gasteiger partial charge in [-0.3, -0.25) is 4.79 Å². The smallest absolute Gasteiger partial charge is 0.241 e. The molecule has 0 saturated carbocycles. The molecule has 1 amide bonds. The first kappa shape index (κ1) is 22.6. The minimum Gasteiger partial charge on any atom is -0.380 e. The number of hydrogen-bond acceptors (Lipinski definition) is 3. The van der Waals surface area contributed by atoms with E-state index in [-0.39, 0.29) is 48.9 Å². The molecule has 1 aliphatic rings. The third-order valence-corrected chi connectivity index (χ3v) is 4.04. The van der Waals surface area contributed by atoms with Gasteiger partial charge in [0.25, 0.3) is 0 Å². The van der Waals surface area contributed by atoms with E-state index in [1.54, 1.807) is 12.1 Å². The maximum atomic E-state index is 13.7. The van der Waals surface area contributed by atoms with E-state index >= 15 is 0 Å². The van der Waals surface area contributed by atoms with Crippen LogP contribution in [0.25, 0.3) is 0 Å². The van der Waals surface area contributed by atoms with Crippen molar-refractivity contribution in [2.45, 2.75) is 32.9 Å². The summed E-state index contributed by atoms with van der Waals surface area (Å²) in [6.07, 6.45) is 2.16. The summed E-state index contributed by atoms with van der Waals surface area (Å²) in [6, 6.07) is 4.88. The normalized spacial score (nSPS) is 14.1. The van der Waals surface area contributed by atoms with Gasteiger partial charge in [0.2, 0.25) is 5.91 Å². The van der Waals surface area contributed by atoms with E-state index in [1.165, 1.54) is 13.2 Å². The average molecular weight is 478 g/mol. The molecule has 0 spiro atoms. The number of aliphatic imine (C=N–C) groups is 1. The van der Waals surface area contributed by atoms with Crippen molar-refractivity contribution in [2.24, 2.45) is 4.99 Å². The number of halogens is 2. The number of ether oxygens (including phenoxy) is 1. The molecule has 1 saturated heterocycles. The van der Waals surface area contributed by atoms with E-state index in [9.17, 15) is 9.18 Å². The molecular weight excluding hydrogens is 450 g/mol. The zero-order chi connectivity index (χ0) is 18.1. The summed E-state index contributed by atoms with van der Waals surface area (Å²) in [4.78, 5) is 18.4. The van der Waals surface area contributed by atoms with E-state index in [1.807, 2.05) is 11.8 Å². The Morgan fingerprint density at radius 2 is 2.04 bits per heavy atom. The number of benzene rings is 1. The third kappa shape index (κ3) is 7.06. The number of amides is 1. The highest BCUT2D eigenvalue weighted by Gasteiger charge is 2.17. The molecule has 1 aromatic rings. The summed E-state index contributed by atoms with van der Waals surface area (Å²) in [7, 11) is 1.54. The first-order valence-electron chi connectivity index (χ1n) is 8.70. The van der Waals surface area contributed by atoms with Crippen molar-refractivity contribution >= 4 is 35.8 Å². The number of guanidine groups is 1. The van der Waals surface area contributed by atoms with Gasteiger partial charge in [-0.05, 0) is 37.5 Å². The number of rotatable bonds is 7. The Kier molecular flexibility index (Phi) is 10.5. The number of methoxy groups -OCH3 is 1. The molecule has 0 aromatic heterocycles. The molecule has 0 unspecified atom stereocenters. The van der Waals surface area contributed by atoms with Gasteiger partial charge in [0.05, 0.1) is 19.7 Å². The molecule has 0 bridgehead atoms. The average Bonchev–Trinajstić information content (AvgIpc) is 3.14. The second kappa shape index (κ2) is 12.1. The number of hydrogen-bond donors (Lipinski definition) is 2. The van der Waals surface area contributed by atoms with Crippen LogP contribution in [-0.2, 0) is 22.7 Å². The highest BCUT2D eigenvalue weighted by Crippen LogP contribution is 2.12. The van der Waals surface area contributed by atoms with Crippen LogP contribution < -0.4 is 10.6 Å². The van der Waals surface area contributed by atoms with Gasteiger partial charge in [0.1, 0.15) is 5.82 Å². The van der Waals surface area contributed by atoms with Crippen molar-refractivity contribution < 1.29 is 13.9 Å². The Hall–Kier alpha value is -1.42. The molecule has 1 fully saturated rings. The van der Waals surface area contributed by atoms with Crippen molar-refractivity contribution in [3.05, 3.63) is 35.1 Å². The molecule has 0 aliphatic carbocycles. The van der Waals surface area contributed by atoms with E-state index in [4.69, 9.17) is 4.74 Å². The number of nitrogens with zero attached hydrogens (tertiary/aromatic N) is 2. The lowest BCUT2D eigenvalue weighted by Gasteiger charge is -2.17. The highest BCUT2D eigenvalue weighted by atomic mass is 127. The largest absolute Gasteiger partial charge is 0.380 e. The lowest BCUT2D eigenvalue weighted by molar-refractivity contribution is -0.128. The molecule has 2 N–H and O–H groups in total. The van der Waals surface area contributed by atoms with Gasteiger partial charge in [-0.1, -0.05) is 6.07 Å². The van der Waals surface area contributed by atoms with Crippen molar-refractivity contribution in [2.75, 3.05) is 33.3 Å². The van der Waals surface area contributed by atoms with E-state index in [0.717, 1.165) is 31.5 Å². The molecule has 146 valence electrons. The summed E-state index contributed by atoms with van der Waals surface area (Å²) >= 11 is 0. The van der Waals surface area contributed by atoms with Gasteiger partial charge in [0, 0.05) is 32.3 Å². The molecule has 1 aromatic carbocycles. The molecule has 8 heteroatoms. The van der Waals surface area contributed by atoms with Crippen molar-refractivity contribution in [1.82, 2.24) is 15.5 Å². The van der Waals surface area contributed by atoms with Gasteiger partial charge >= 0.3 is 0 Å². The van der Waals surface area contributed by atoms with Crippen LogP contribution in [0.5, 0.6) is 0 Å². The number of likely N-dealkylation sites (tertiary alicyclic amines) is 1. The van der Waals surface area contributed by atoms with Crippen molar-refractivity contribution in [1.29, 1.82) is 0 Å². The van der Waals surface area contributed by atoms with Crippen molar-refractivity contribution in [3.8, 4) is 0 Å². The molecular formula is C18H28FIN4O2. The fraction of sp³-hybridized carbons (Fsp3) is 0.556. The second-order valence-electron chi connectivity index (χ2n) is 6.00. The van der Waals surface area contributed by atoms with Crippen molar-refractivity contribution in [3.63, 3.8) is 0 Å². The molecule has 2 rings (SSSR count). The maximum absolute atomic E-state index is 13.7. The highest BCUT2D eigenvalue weighted by molar-refractivity contribution is 14.0. The molecule has 26 heavy (non-hydrogen) atoms. The zero-order valence-corrected chi connectivity index (χ0v) is 17.7. The van der Waals surface area contributed by atoms with Gasteiger partial charge in [-0.2, -0.15) is 0 Å². The van der Waals surface area contributed by atoms with E-state index in [2.05, 4.69) is 15.6 Å². The van der Waals surface area contributed by atoms with Gasteiger partial charge in [-0.25, -0.2) is 9.38 Å². The van der Waals surface area contributed by atoms with Crippen LogP contribution in [0.3, 0.4) is 0 Å². The Bertz CT molecular complexity index is 607. The molecule has 1 aliphatic heterocycles. The van der Waals surface area contributed by atoms with Crippen LogP contribution in [0.1, 0.15) is 30.9 Å². The molecule has 0 atom stereocenters. The van der Waals surface area contributed by atoms with Crippen LogP contribution >= 0.6 is 24.0 Å². The number of carbonyl (C=O) groups is 1. The summed E-state index contributed by atoms with van der Waals surface area (Å²) < 4.78 is 18.6. The fourth-order valence-corrected chi connectivity index (χ4v) is 2.74. The Morgan fingerprint density at radius 3 is 2.69 bits per heavy atom. The lowest BCUT2D eigenvalue weighted by atomic mass is 10.1. The molecule has 6 nitrogen and oxygen atoms in total. The Morgan fingerprint density at radius 1 is 1.31 bits per heavy atom. The Balaban J connectivity index is 0.00000338. The molecule has 0 radical (unpaired) electrons. The first-order valence-corrected chi connectivity index (χ1v) is 8.70. The van der Waals surface area contributed by atoms with E-state index < -0.39 is 0 Å². The van der Waals surface area contributed by atoms with Crippen LogP contribution in [0.4, 0.5) is 4.39 Å².